The minimum atomic E-state index is -0.748. The second-order valence-electron chi connectivity index (χ2n) is 7.89. The monoisotopic (exact) mass is 525 g/mol. The number of ether oxygens (including phenoxy) is 2. The number of rotatable bonds is 10. The van der Waals surface area contributed by atoms with E-state index in [2.05, 4.69) is 22.9 Å². The number of para-hydroxylation sites is 1. The Kier molecular flexibility index (Phi) is 10.1. The topological polar surface area (TPSA) is 88.7 Å². The summed E-state index contributed by atoms with van der Waals surface area (Å²) in [6.45, 7) is 4.39. The zero-order valence-corrected chi connectivity index (χ0v) is 21.6. The van der Waals surface area contributed by atoms with Crippen LogP contribution in [0.4, 0.5) is 11.4 Å². The minimum absolute atomic E-state index is 0.154. The number of thiocarbonyl (C=S) groups is 1. The van der Waals surface area contributed by atoms with Crippen molar-refractivity contribution >= 4 is 52.1 Å². The summed E-state index contributed by atoms with van der Waals surface area (Å²) < 4.78 is 11.2. The summed E-state index contributed by atoms with van der Waals surface area (Å²) >= 11 is 11.3. The number of hydrogen-bond acceptors (Lipinski definition) is 5. The van der Waals surface area contributed by atoms with Crippen LogP contribution in [0.15, 0.2) is 72.8 Å². The van der Waals surface area contributed by atoms with Gasteiger partial charge < -0.3 is 20.1 Å². The van der Waals surface area contributed by atoms with Gasteiger partial charge in [-0.1, -0.05) is 37.1 Å². The van der Waals surface area contributed by atoms with Crippen molar-refractivity contribution in [3.63, 3.8) is 0 Å². The predicted molar refractivity (Wildman–Crippen MR) is 147 cm³/mol. The van der Waals surface area contributed by atoms with Crippen molar-refractivity contribution in [1.82, 2.24) is 5.32 Å². The molecule has 3 N–H and O–H groups in total. The molecule has 1 atom stereocenters. The molecule has 0 fully saturated rings. The summed E-state index contributed by atoms with van der Waals surface area (Å²) in [6.07, 6.45) is 1.29. The summed E-state index contributed by atoms with van der Waals surface area (Å²) in [5.74, 6) is 0.509. The van der Waals surface area contributed by atoms with Gasteiger partial charge in [-0.3, -0.25) is 14.9 Å². The quantitative estimate of drug-likeness (QED) is 0.220. The maximum atomic E-state index is 12.5. The Morgan fingerprint density at radius 2 is 1.58 bits per heavy atom. The molecule has 0 saturated carbocycles. The molecule has 1 unspecified atom stereocenters. The van der Waals surface area contributed by atoms with E-state index in [9.17, 15) is 9.59 Å². The molecule has 0 saturated heterocycles. The van der Waals surface area contributed by atoms with Gasteiger partial charge in [0.1, 0.15) is 11.5 Å². The number of benzene rings is 3. The van der Waals surface area contributed by atoms with E-state index in [0.29, 0.717) is 34.3 Å². The van der Waals surface area contributed by atoms with Gasteiger partial charge in [-0.2, -0.15) is 0 Å². The van der Waals surface area contributed by atoms with Crippen LogP contribution in [0.25, 0.3) is 0 Å². The molecule has 0 aromatic heterocycles. The first kappa shape index (κ1) is 27.0. The highest BCUT2D eigenvalue weighted by molar-refractivity contribution is 7.80. The van der Waals surface area contributed by atoms with Crippen molar-refractivity contribution in [1.29, 1.82) is 0 Å². The van der Waals surface area contributed by atoms with Crippen LogP contribution in [0.2, 0.25) is 5.02 Å². The first-order valence-electron chi connectivity index (χ1n) is 11.5. The highest BCUT2D eigenvalue weighted by atomic mass is 35.5. The summed E-state index contributed by atoms with van der Waals surface area (Å²) in [6, 6.07) is 20.7. The van der Waals surface area contributed by atoms with Gasteiger partial charge in [-0.15, -0.1) is 0 Å². The van der Waals surface area contributed by atoms with Gasteiger partial charge in [-0.25, -0.2) is 0 Å². The van der Waals surface area contributed by atoms with E-state index in [1.165, 1.54) is 0 Å². The zero-order chi connectivity index (χ0) is 25.9. The van der Waals surface area contributed by atoms with Gasteiger partial charge >= 0.3 is 0 Å². The smallest absolute Gasteiger partial charge is 0.265 e. The Morgan fingerprint density at radius 3 is 2.22 bits per heavy atom. The van der Waals surface area contributed by atoms with Gasteiger partial charge in [-0.05, 0) is 86.2 Å². The fourth-order valence-corrected chi connectivity index (χ4v) is 3.43. The second-order valence-corrected chi connectivity index (χ2v) is 8.71. The predicted octanol–water partition coefficient (Wildman–Crippen LogP) is 6.05. The van der Waals surface area contributed by atoms with E-state index >= 15 is 0 Å². The summed E-state index contributed by atoms with van der Waals surface area (Å²) in [5.41, 5.74) is 1.70. The number of nitrogens with one attached hydrogen (secondary N) is 3. The first-order chi connectivity index (χ1) is 17.4. The van der Waals surface area contributed by atoms with Crippen LogP contribution in [-0.4, -0.2) is 29.6 Å². The van der Waals surface area contributed by atoms with Gasteiger partial charge in [0.2, 0.25) is 0 Å². The Bertz CT molecular complexity index is 1190. The number of unbranched alkanes of at least 4 members (excludes halogenated alkanes) is 1. The molecule has 2 amide bonds. The van der Waals surface area contributed by atoms with E-state index in [0.717, 1.165) is 18.6 Å². The molecule has 9 heteroatoms. The highest BCUT2D eigenvalue weighted by Crippen LogP contribution is 2.24. The molecule has 0 aliphatic carbocycles. The molecule has 3 rings (SSSR count). The van der Waals surface area contributed by atoms with Gasteiger partial charge in [0.25, 0.3) is 11.8 Å². The lowest BCUT2D eigenvalue weighted by Crippen LogP contribution is -2.34. The molecule has 0 aliphatic heterocycles. The highest BCUT2D eigenvalue weighted by Gasteiger charge is 2.16. The number of hydrogen-bond donors (Lipinski definition) is 3. The van der Waals surface area contributed by atoms with E-state index in [1.54, 1.807) is 79.7 Å². The first-order valence-corrected chi connectivity index (χ1v) is 12.3. The fraction of sp³-hybridized carbons (Fsp3) is 0.222. The third kappa shape index (κ3) is 8.25. The third-order valence-electron chi connectivity index (χ3n) is 5.03. The van der Waals surface area contributed by atoms with Gasteiger partial charge in [0.15, 0.2) is 11.2 Å². The molecule has 3 aromatic carbocycles. The van der Waals surface area contributed by atoms with Crippen molar-refractivity contribution in [3.8, 4) is 11.5 Å². The summed E-state index contributed by atoms with van der Waals surface area (Å²) in [5, 5.41) is 8.98. The van der Waals surface area contributed by atoms with Crippen molar-refractivity contribution in [2.45, 2.75) is 32.8 Å². The van der Waals surface area contributed by atoms with Crippen LogP contribution in [-0.2, 0) is 4.79 Å². The van der Waals surface area contributed by atoms with Crippen molar-refractivity contribution in [2.75, 3.05) is 17.2 Å². The molecule has 7 nitrogen and oxygen atoms in total. The van der Waals surface area contributed by atoms with Gasteiger partial charge in [0.05, 0.1) is 11.6 Å². The SMILES string of the molecule is CCCCOc1ccc(C(=O)NC(=S)Nc2ccc(NC(=O)C(C)Oc3ccccc3Cl)cc2)cc1. The average Bonchev–Trinajstić information content (AvgIpc) is 2.87. The van der Waals surface area contributed by atoms with Crippen LogP contribution < -0.4 is 25.4 Å². The van der Waals surface area contributed by atoms with Gasteiger partial charge in [0, 0.05) is 16.9 Å². The molecule has 0 spiro atoms. The van der Waals surface area contributed by atoms with Crippen molar-refractivity contribution in [3.05, 3.63) is 83.4 Å². The molecule has 188 valence electrons. The second kappa shape index (κ2) is 13.5. The molecule has 0 bridgehead atoms. The molecule has 3 aromatic rings. The van der Waals surface area contributed by atoms with Crippen molar-refractivity contribution < 1.29 is 19.1 Å². The number of carbonyl (C=O) groups excluding carboxylic acids is 2. The molecule has 0 radical (unpaired) electrons. The largest absolute Gasteiger partial charge is 0.494 e. The molecule has 0 heterocycles. The average molecular weight is 526 g/mol. The normalized spacial score (nSPS) is 11.2. The lowest BCUT2D eigenvalue weighted by atomic mass is 10.2. The Morgan fingerprint density at radius 1 is 0.944 bits per heavy atom. The molecule has 36 heavy (non-hydrogen) atoms. The van der Waals surface area contributed by atoms with Crippen LogP contribution in [0.5, 0.6) is 11.5 Å². The van der Waals surface area contributed by atoms with E-state index in [4.69, 9.17) is 33.3 Å². The Balaban J connectivity index is 1.47. The molecule has 0 aliphatic rings. The molecular formula is C27H28ClN3O4S. The van der Waals surface area contributed by atoms with Crippen LogP contribution >= 0.6 is 23.8 Å². The standard InChI is InChI=1S/C27H28ClN3O4S/c1-3-4-17-34-22-15-9-19(10-16-22)26(33)31-27(36)30-21-13-11-20(12-14-21)29-25(32)18(2)35-24-8-6-5-7-23(24)28/h5-16,18H,3-4,17H2,1-2H3,(H,29,32)(H2,30,31,33,36). The Labute approximate surface area is 221 Å². The minimum Gasteiger partial charge on any atom is -0.494 e. The third-order valence-corrected chi connectivity index (χ3v) is 5.55. The fourth-order valence-electron chi connectivity index (χ4n) is 3.04. The van der Waals surface area contributed by atoms with Crippen LogP contribution in [0, 0.1) is 0 Å². The maximum Gasteiger partial charge on any atom is 0.265 e. The van der Waals surface area contributed by atoms with Crippen LogP contribution in [0.1, 0.15) is 37.0 Å². The van der Waals surface area contributed by atoms with E-state index < -0.39 is 6.10 Å². The number of anilines is 2. The van der Waals surface area contributed by atoms with E-state index in [1.807, 2.05) is 0 Å². The number of halogens is 1. The summed E-state index contributed by atoms with van der Waals surface area (Å²) in [7, 11) is 0. The van der Waals surface area contributed by atoms with E-state index in [-0.39, 0.29) is 16.9 Å². The van der Waals surface area contributed by atoms with Crippen LogP contribution in [0.3, 0.4) is 0 Å². The summed E-state index contributed by atoms with van der Waals surface area (Å²) in [4.78, 5) is 24.9. The Hall–Kier alpha value is -3.62. The maximum absolute atomic E-state index is 12.5. The zero-order valence-electron chi connectivity index (χ0n) is 20.0. The molecular weight excluding hydrogens is 498 g/mol. The van der Waals surface area contributed by atoms with Crippen molar-refractivity contribution in [2.24, 2.45) is 0 Å². The number of carbonyl (C=O) groups is 2. The lowest BCUT2D eigenvalue weighted by molar-refractivity contribution is -0.122. The lowest BCUT2D eigenvalue weighted by Gasteiger charge is -2.16. The number of amides is 2.